The number of nitrogens with zero attached hydrogens (tertiary/aromatic N) is 1. The molecule has 0 aromatic rings. The molecule has 0 aromatic heterocycles. The van der Waals surface area contributed by atoms with Crippen LogP contribution in [0.5, 0.6) is 0 Å². The topological polar surface area (TPSA) is 40.5 Å². The van der Waals surface area contributed by atoms with E-state index in [9.17, 15) is 4.79 Å². The number of hydrogen-bond acceptors (Lipinski definition) is 3. The molecule has 0 fully saturated rings. The molecule has 0 unspecified atom stereocenters. The summed E-state index contributed by atoms with van der Waals surface area (Å²) >= 11 is 0. The van der Waals surface area contributed by atoms with E-state index in [0.717, 1.165) is 5.75 Å². The molecule has 1 N–H and O–H groups in total. The molecule has 0 aliphatic heterocycles. The van der Waals surface area contributed by atoms with E-state index in [1.54, 1.807) is 10.8 Å². The molecule has 0 aliphatic rings. The lowest BCUT2D eigenvalue weighted by Gasteiger charge is -2.13. The Bertz CT molecular complexity index is 144. The molecule has 13 heavy (non-hydrogen) atoms. The third-order valence-corrected chi connectivity index (χ3v) is 3.99. The van der Waals surface area contributed by atoms with E-state index in [1.165, 1.54) is 34.5 Å². The maximum atomic E-state index is 10.5. The highest BCUT2D eigenvalue weighted by molar-refractivity contribution is 8.75. The van der Waals surface area contributed by atoms with Gasteiger partial charge in [-0.25, -0.2) is 9.10 Å². The van der Waals surface area contributed by atoms with Crippen LogP contribution in [0, 0.1) is 0 Å². The van der Waals surface area contributed by atoms with Crippen molar-refractivity contribution in [3.8, 4) is 0 Å². The minimum atomic E-state index is -0.851. The molecule has 0 radical (unpaired) electrons. The van der Waals surface area contributed by atoms with E-state index in [0.29, 0.717) is 6.54 Å². The highest BCUT2D eigenvalue weighted by Gasteiger charge is 2.09. The Hall–Kier alpha value is -0.0300. The van der Waals surface area contributed by atoms with Gasteiger partial charge in [-0.05, 0) is 13.3 Å². The fourth-order valence-corrected chi connectivity index (χ4v) is 2.89. The quantitative estimate of drug-likeness (QED) is 0.407. The Kier molecular flexibility index (Phi) is 8.54. The van der Waals surface area contributed by atoms with Crippen LogP contribution in [-0.4, -0.2) is 27.8 Å². The molecule has 5 heteroatoms. The average molecular weight is 223 g/mol. The lowest BCUT2D eigenvalue weighted by Crippen LogP contribution is -2.20. The fourth-order valence-electron chi connectivity index (χ4n) is 0.732. The minimum Gasteiger partial charge on any atom is -0.464 e. The second kappa shape index (κ2) is 8.56. The number of amides is 1. The van der Waals surface area contributed by atoms with Gasteiger partial charge < -0.3 is 5.11 Å². The normalized spacial score (nSPS) is 10.0. The van der Waals surface area contributed by atoms with Crippen LogP contribution in [0.15, 0.2) is 0 Å². The van der Waals surface area contributed by atoms with Gasteiger partial charge in [-0.1, -0.05) is 30.6 Å². The Morgan fingerprint density at radius 1 is 1.38 bits per heavy atom. The molecule has 1 amide bonds. The van der Waals surface area contributed by atoms with Crippen molar-refractivity contribution in [2.75, 3.05) is 12.3 Å². The van der Waals surface area contributed by atoms with Crippen molar-refractivity contribution < 1.29 is 9.90 Å². The second-order valence-corrected chi connectivity index (χ2v) is 4.97. The molecule has 78 valence electrons. The first-order valence-corrected chi connectivity index (χ1v) is 6.80. The molecule has 0 aliphatic carbocycles. The van der Waals surface area contributed by atoms with E-state index in [2.05, 4.69) is 6.92 Å². The average Bonchev–Trinajstić information content (AvgIpc) is 2.10. The van der Waals surface area contributed by atoms with Crippen LogP contribution in [0.25, 0.3) is 0 Å². The standard InChI is InChI=1S/C8H17NO2S2/c1-3-5-6-7-12-13-9(4-2)8(10)11/h3-7H2,1-2H3,(H,10,11). The van der Waals surface area contributed by atoms with Gasteiger partial charge in [0, 0.05) is 23.3 Å². The summed E-state index contributed by atoms with van der Waals surface area (Å²) in [6.07, 6.45) is 2.76. The molecule has 0 saturated heterocycles. The zero-order valence-electron chi connectivity index (χ0n) is 8.15. The van der Waals surface area contributed by atoms with Crippen molar-refractivity contribution in [3.05, 3.63) is 0 Å². The third kappa shape index (κ3) is 7.07. The Morgan fingerprint density at radius 3 is 2.54 bits per heavy atom. The molecule has 0 atom stereocenters. The summed E-state index contributed by atoms with van der Waals surface area (Å²) in [6, 6.07) is 0. The summed E-state index contributed by atoms with van der Waals surface area (Å²) in [7, 11) is 2.95. The number of carboxylic acid groups (broad SMARTS) is 1. The van der Waals surface area contributed by atoms with Crippen LogP contribution >= 0.6 is 21.8 Å². The van der Waals surface area contributed by atoms with Crippen LogP contribution < -0.4 is 0 Å². The van der Waals surface area contributed by atoms with Gasteiger partial charge in [0.15, 0.2) is 0 Å². The molecule has 0 heterocycles. The number of hydrogen-bond donors (Lipinski definition) is 1. The lowest BCUT2D eigenvalue weighted by molar-refractivity contribution is 0.177. The molecule has 0 saturated carbocycles. The van der Waals surface area contributed by atoms with Gasteiger partial charge in [-0.2, -0.15) is 0 Å². The molecule has 0 spiro atoms. The molecule has 0 bridgehead atoms. The summed E-state index contributed by atoms with van der Waals surface area (Å²) in [5.74, 6) is 1.03. The zero-order chi connectivity index (χ0) is 10.1. The highest BCUT2D eigenvalue weighted by atomic mass is 33.1. The van der Waals surface area contributed by atoms with Gasteiger partial charge >= 0.3 is 6.09 Å². The molecule has 3 nitrogen and oxygen atoms in total. The second-order valence-electron chi connectivity index (χ2n) is 2.58. The maximum Gasteiger partial charge on any atom is 0.418 e. The SMILES string of the molecule is CCCCCSSN(CC)C(=O)O. The van der Waals surface area contributed by atoms with Crippen LogP contribution in [0.4, 0.5) is 4.79 Å². The third-order valence-electron chi connectivity index (χ3n) is 1.47. The monoisotopic (exact) mass is 223 g/mol. The summed E-state index contributed by atoms with van der Waals surface area (Å²) in [4.78, 5) is 10.5. The van der Waals surface area contributed by atoms with Crippen molar-refractivity contribution in [1.82, 2.24) is 4.31 Å². The molecule has 0 rings (SSSR count). The van der Waals surface area contributed by atoms with Crippen molar-refractivity contribution in [2.45, 2.75) is 33.1 Å². The van der Waals surface area contributed by atoms with Gasteiger partial charge in [-0.15, -0.1) is 0 Å². The fraction of sp³-hybridized carbons (Fsp3) is 0.875. The van der Waals surface area contributed by atoms with Gasteiger partial charge in [0.05, 0.1) is 0 Å². The van der Waals surface area contributed by atoms with Crippen molar-refractivity contribution >= 4 is 27.9 Å². The van der Waals surface area contributed by atoms with Gasteiger partial charge in [-0.3, -0.25) is 0 Å². The summed E-state index contributed by atoms with van der Waals surface area (Å²) in [5.41, 5.74) is 0. The Morgan fingerprint density at radius 2 is 2.08 bits per heavy atom. The molecular weight excluding hydrogens is 206 g/mol. The summed E-state index contributed by atoms with van der Waals surface area (Å²) in [6.45, 7) is 4.54. The van der Waals surface area contributed by atoms with Crippen molar-refractivity contribution in [2.24, 2.45) is 0 Å². The number of carbonyl (C=O) groups is 1. The number of rotatable bonds is 7. The number of unbranched alkanes of at least 4 members (excludes halogenated alkanes) is 2. The van der Waals surface area contributed by atoms with Crippen molar-refractivity contribution in [3.63, 3.8) is 0 Å². The first-order chi connectivity index (χ1) is 6.22. The Balaban J connectivity index is 3.33. The van der Waals surface area contributed by atoms with Gasteiger partial charge in [0.25, 0.3) is 0 Å². The predicted molar refractivity (Wildman–Crippen MR) is 60.0 cm³/mol. The summed E-state index contributed by atoms with van der Waals surface area (Å²) in [5, 5.41) is 8.67. The predicted octanol–water partition coefficient (Wildman–Crippen LogP) is 3.47. The van der Waals surface area contributed by atoms with E-state index >= 15 is 0 Å². The largest absolute Gasteiger partial charge is 0.464 e. The molecule has 0 aromatic carbocycles. The summed E-state index contributed by atoms with van der Waals surface area (Å²) < 4.78 is 1.34. The lowest BCUT2D eigenvalue weighted by atomic mass is 10.3. The van der Waals surface area contributed by atoms with Crippen LogP contribution in [0.1, 0.15) is 33.1 Å². The van der Waals surface area contributed by atoms with Gasteiger partial charge in [0.2, 0.25) is 0 Å². The first-order valence-electron chi connectivity index (χ1n) is 4.52. The van der Waals surface area contributed by atoms with Crippen LogP contribution in [0.3, 0.4) is 0 Å². The molecular formula is C8H17NO2S2. The zero-order valence-corrected chi connectivity index (χ0v) is 9.79. The van der Waals surface area contributed by atoms with E-state index in [-0.39, 0.29) is 0 Å². The maximum absolute atomic E-state index is 10.5. The van der Waals surface area contributed by atoms with Crippen LogP contribution in [0.2, 0.25) is 0 Å². The smallest absolute Gasteiger partial charge is 0.418 e. The van der Waals surface area contributed by atoms with Crippen LogP contribution in [-0.2, 0) is 0 Å². The van der Waals surface area contributed by atoms with Gasteiger partial charge in [0.1, 0.15) is 0 Å². The van der Waals surface area contributed by atoms with E-state index in [1.807, 2.05) is 6.92 Å². The first kappa shape index (κ1) is 13.0. The minimum absolute atomic E-state index is 0.542. The van der Waals surface area contributed by atoms with Crippen molar-refractivity contribution in [1.29, 1.82) is 0 Å². The highest BCUT2D eigenvalue weighted by Crippen LogP contribution is 2.26. The Labute approximate surface area is 87.8 Å². The van der Waals surface area contributed by atoms with E-state index < -0.39 is 6.09 Å². The van der Waals surface area contributed by atoms with E-state index in [4.69, 9.17) is 5.11 Å².